The van der Waals surface area contributed by atoms with Crippen molar-refractivity contribution in [2.24, 2.45) is 0 Å². The average molecular weight is 574 g/mol. The Kier molecular flexibility index (Phi) is 6.50. The summed E-state index contributed by atoms with van der Waals surface area (Å²) in [6, 6.07) is 12.3. The Bertz CT molecular complexity index is 1240. The first kappa shape index (κ1) is 23.7. The molecule has 2 heterocycles. The first-order valence-corrected chi connectivity index (χ1v) is 12.2. The highest BCUT2D eigenvalue weighted by molar-refractivity contribution is 9.10. The first-order valence-electron chi connectivity index (χ1n) is 10.6. The minimum Gasteiger partial charge on any atom is -0.355 e. The molecule has 2 aromatic carbocycles. The molecule has 4 rings (SSSR count). The lowest BCUT2D eigenvalue weighted by atomic mass is 9.84. The van der Waals surface area contributed by atoms with Crippen LogP contribution in [0.2, 0.25) is 0 Å². The lowest BCUT2D eigenvalue weighted by Gasteiger charge is -2.48. The summed E-state index contributed by atoms with van der Waals surface area (Å²) >= 11 is 6.69. The molecule has 8 heteroatoms. The van der Waals surface area contributed by atoms with E-state index in [0.717, 1.165) is 25.0 Å². The van der Waals surface area contributed by atoms with Gasteiger partial charge in [-0.25, -0.2) is 9.40 Å². The van der Waals surface area contributed by atoms with Crippen LogP contribution in [0.5, 0.6) is 0 Å². The number of carbonyl (C=O) groups excluding carboxylic acids is 1. The molecule has 170 valence electrons. The number of amides is 1. The number of hydrogen-bond acceptors (Lipinski definition) is 4. The van der Waals surface area contributed by atoms with Gasteiger partial charge in [0.15, 0.2) is 0 Å². The smallest absolute Gasteiger partial charge is 0.270 e. The molecule has 1 N–H and O–H groups in total. The van der Waals surface area contributed by atoms with Gasteiger partial charge in [0.1, 0.15) is 11.9 Å². The standard InChI is InChI=1S/C25H23Br2FN4O/c1-15-22(16(2)30-19-8-9-20(26)18(12-19)13-29)24(33)31(32-11-5-10-25(15,32)3)14-17-6-4-7-21(28)23(17)27/h4,6-9,12,30H,2,5,10-11,14H2,1,3H3. The molecule has 0 bridgehead atoms. The number of rotatable bonds is 5. The SMILES string of the molecule is C=C(Nc1ccc(Br)c(C#N)c1)C1=C(C)C2(C)CCCN2N(Cc2cccc(F)c2Br)C1=O. The molecule has 1 atom stereocenters. The number of carbonyl (C=O) groups is 1. The van der Waals surface area contributed by atoms with Crippen molar-refractivity contribution < 1.29 is 9.18 Å². The number of nitrogens with zero attached hydrogens (tertiary/aromatic N) is 3. The highest BCUT2D eigenvalue weighted by Crippen LogP contribution is 2.44. The van der Waals surface area contributed by atoms with E-state index in [1.54, 1.807) is 23.2 Å². The van der Waals surface area contributed by atoms with E-state index in [9.17, 15) is 14.4 Å². The molecule has 1 fully saturated rings. The van der Waals surface area contributed by atoms with Gasteiger partial charge in [0.05, 0.1) is 27.7 Å². The van der Waals surface area contributed by atoms with Crippen molar-refractivity contribution in [2.75, 3.05) is 11.9 Å². The van der Waals surface area contributed by atoms with Crippen molar-refractivity contribution in [2.45, 2.75) is 38.8 Å². The zero-order valence-corrected chi connectivity index (χ0v) is 21.6. The monoisotopic (exact) mass is 572 g/mol. The summed E-state index contributed by atoms with van der Waals surface area (Å²) in [5.41, 5.74) is 3.46. The van der Waals surface area contributed by atoms with Crippen LogP contribution in [-0.4, -0.2) is 28.0 Å². The van der Waals surface area contributed by atoms with Gasteiger partial charge >= 0.3 is 0 Å². The van der Waals surface area contributed by atoms with Crippen LogP contribution in [0.3, 0.4) is 0 Å². The van der Waals surface area contributed by atoms with E-state index in [1.807, 2.05) is 19.1 Å². The Morgan fingerprint density at radius 1 is 1.33 bits per heavy atom. The van der Waals surface area contributed by atoms with Crippen LogP contribution in [0.1, 0.15) is 37.8 Å². The number of halogens is 3. The van der Waals surface area contributed by atoms with Gasteiger partial charge in [-0.2, -0.15) is 5.26 Å². The predicted molar refractivity (Wildman–Crippen MR) is 133 cm³/mol. The van der Waals surface area contributed by atoms with E-state index in [2.05, 4.69) is 61.8 Å². The van der Waals surface area contributed by atoms with Gasteiger partial charge in [-0.05, 0) is 94.0 Å². The quantitative estimate of drug-likeness (QED) is 0.457. The third-order valence-electron chi connectivity index (χ3n) is 6.56. The van der Waals surface area contributed by atoms with Gasteiger partial charge in [-0.3, -0.25) is 9.80 Å². The Morgan fingerprint density at radius 3 is 2.82 bits per heavy atom. The van der Waals surface area contributed by atoms with Gasteiger partial charge in [0.2, 0.25) is 0 Å². The maximum absolute atomic E-state index is 14.1. The average Bonchev–Trinajstić information content (AvgIpc) is 3.18. The van der Waals surface area contributed by atoms with Crippen molar-refractivity contribution in [1.29, 1.82) is 5.26 Å². The largest absolute Gasteiger partial charge is 0.355 e. The van der Waals surface area contributed by atoms with E-state index in [4.69, 9.17) is 0 Å². The summed E-state index contributed by atoms with van der Waals surface area (Å²) < 4.78 is 15.2. The summed E-state index contributed by atoms with van der Waals surface area (Å²) in [4.78, 5) is 13.8. The Balaban J connectivity index is 1.71. The topological polar surface area (TPSA) is 59.4 Å². The third-order valence-corrected chi connectivity index (χ3v) is 8.14. The summed E-state index contributed by atoms with van der Waals surface area (Å²) in [6.07, 6.45) is 1.86. The summed E-state index contributed by atoms with van der Waals surface area (Å²) in [5.74, 6) is -0.541. The minimum absolute atomic E-state index is 0.182. The van der Waals surface area contributed by atoms with Gasteiger partial charge in [-0.15, -0.1) is 0 Å². The number of fused-ring (bicyclic) bond motifs is 1. The number of nitrogens with one attached hydrogen (secondary N) is 1. The van der Waals surface area contributed by atoms with Crippen molar-refractivity contribution in [3.05, 3.63) is 85.7 Å². The number of nitriles is 1. The fourth-order valence-electron chi connectivity index (χ4n) is 4.66. The third kappa shape index (κ3) is 4.14. The molecule has 0 saturated carbocycles. The van der Waals surface area contributed by atoms with Gasteiger partial charge in [-0.1, -0.05) is 18.7 Å². The molecule has 1 unspecified atom stereocenters. The first-order chi connectivity index (χ1) is 15.7. The summed E-state index contributed by atoms with van der Waals surface area (Å²) in [6.45, 7) is 9.28. The van der Waals surface area contributed by atoms with Crippen molar-refractivity contribution in [3.63, 3.8) is 0 Å². The second-order valence-electron chi connectivity index (χ2n) is 8.49. The number of hydrogen-bond donors (Lipinski definition) is 1. The fraction of sp³-hybridized carbons (Fsp3) is 0.280. The maximum atomic E-state index is 14.1. The Labute approximate surface area is 209 Å². The molecule has 0 radical (unpaired) electrons. The Hall–Kier alpha value is -2.47. The van der Waals surface area contributed by atoms with E-state index in [0.29, 0.717) is 37.0 Å². The minimum atomic E-state index is -0.359. The molecule has 2 aliphatic heterocycles. The zero-order valence-electron chi connectivity index (χ0n) is 18.4. The van der Waals surface area contributed by atoms with Gasteiger partial charge in [0.25, 0.3) is 5.91 Å². The molecule has 0 spiro atoms. The van der Waals surface area contributed by atoms with Crippen LogP contribution in [0, 0.1) is 17.1 Å². The van der Waals surface area contributed by atoms with Crippen LogP contribution < -0.4 is 5.32 Å². The normalized spacial score (nSPS) is 20.6. The van der Waals surface area contributed by atoms with Crippen molar-refractivity contribution in [3.8, 4) is 6.07 Å². The van der Waals surface area contributed by atoms with Crippen molar-refractivity contribution >= 4 is 43.5 Å². The number of anilines is 1. The molecule has 1 saturated heterocycles. The Morgan fingerprint density at radius 2 is 2.09 bits per heavy atom. The second-order valence-corrected chi connectivity index (χ2v) is 10.1. The summed E-state index contributed by atoms with van der Waals surface area (Å²) in [7, 11) is 0. The molecule has 1 amide bonds. The van der Waals surface area contributed by atoms with E-state index in [1.165, 1.54) is 6.07 Å². The van der Waals surface area contributed by atoms with E-state index in [-0.39, 0.29) is 23.8 Å². The highest BCUT2D eigenvalue weighted by atomic mass is 79.9. The van der Waals surface area contributed by atoms with Gasteiger partial charge in [0, 0.05) is 22.4 Å². The van der Waals surface area contributed by atoms with Crippen molar-refractivity contribution in [1.82, 2.24) is 10.0 Å². The van der Waals surface area contributed by atoms with Crippen LogP contribution >= 0.6 is 31.9 Å². The van der Waals surface area contributed by atoms with Gasteiger partial charge < -0.3 is 5.32 Å². The van der Waals surface area contributed by atoms with E-state index < -0.39 is 0 Å². The van der Waals surface area contributed by atoms with E-state index >= 15 is 0 Å². The number of benzene rings is 2. The second kappa shape index (κ2) is 9.05. The molecule has 2 aromatic rings. The summed E-state index contributed by atoms with van der Waals surface area (Å²) in [5, 5.41) is 16.4. The molecular formula is C25H23Br2FN4O. The molecule has 33 heavy (non-hydrogen) atoms. The van der Waals surface area contributed by atoms with Crippen LogP contribution in [0.4, 0.5) is 10.1 Å². The lowest BCUT2D eigenvalue weighted by molar-refractivity contribution is -0.156. The molecule has 0 aliphatic carbocycles. The predicted octanol–water partition coefficient (Wildman–Crippen LogP) is 6.28. The molecule has 0 aromatic heterocycles. The number of hydrazine groups is 1. The fourth-order valence-corrected chi connectivity index (χ4v) is 5.38. The van der Waals surface area contributed by atoms with Crippen LogP contribution in [0.25, 0.3) is 0 Å². The highest BCUT2D eigenvalue weighted by Gasteiger charge is 2.49. The lowest BCUT2D eigenvalue weighted by Crippen LogP contribution is -2.59. The molecular weight excluding hydrogens is 551 g/mol. The maximum Gasteiger partial charge on any atom is 0.270 e. The van der Waals surface area contributed by atoms with Crippen LogP contribution in [0.15, 0.2) is 68.8 Å². The molecule has 2 aliphatic rings. The zero-order chi connectivity index (χ0) is 23.9. The van der Waals surface area contributed by atoms with Crippen LogP contribution in [-0.2, 0) is 11.3 Å². The molecule has 5 nitrogen and oxygen atoms in total.